The van der Waals surface area contributed by atoms with E-state index < -0.39 is 11.1 Å². The molecule has 0 aliphatic heterocycles. The molecule has 0 aromatic heterocycles. The zero-order valence-corrected chi connectivity index (χ0v) is 9.84. The van der Waals surface area contributed by atoms with Crippen LogP contribution in [0, 0.1) is 0 Å². The standard InChI is InChI=1S/C13H19FO/c1-12(2,9-15)10-7-5-6-8-11(10)13(3,4)14/h5-8,15H,9H2,1-4H3. The molecule has 0 atom stereocenters. The highest BCUT2D eigenvalue weighted by Gasteiger charge is 2.29. The summed E-state index contributed by atoms with van der Waals surface area (Å²) in [4.78, 5) is 0. The Hall–Kier alpha value is -0.890. The monoisotopic (exact) mass is 210 g/mol. The number of hydrogen-bond donors (Lipinski definition) is 1. The Morgan fingerprint density at radius 2 is 1.53 bits per heavy atom. The number of aliphatic hydroxyl groups is 1. The van der Waals surface area contributed by atoms with E-state index in [9.17, 15) is 9.50 Å². The average molecular weight is 210 g/mol. The van der Waals surface area contributed by atoms with E-state index >= 15 is 0 Å². The quantitative estimate of drug-likeness (QED) is 0.812. The molecule has 0 saturated carbocycles. The molecule has 1 rings (SSSR count). The Kier molecular flexibility index (Phi) is 3.19. The summed E-state index contributed by atoms with van der Waals surface area (Å²) in [7, 11) is 0. The molecule has 84 valence electrons. The van der Waals surface area contributed by atoms with Gasteiger partial charge in [0.15, 0.2) is 0 Å². The zero-order valence-electron chi connectivity index (χ0n) is 9.84. The van der Waals surface area contributed by atoms with Crippen LogP contribution < -0.4 is 0 Å². The fraction of sp³-hybridized carbons (Fsp3) is 0.538. The molecule has 0 aliphatic carbocycles. The van der Waals surface area contributed by atoms with Gasteiger partial charge in [0, 0.05) is 5.41 Å². The molecule has 1 aromatic rings. The van der Waals surface area contributed by atoms with E-state index in [1.807, 2.05) is 32.0 Å². The average Bonchev–Trinajstić information content (AvgIpc) is 2.16. The third-order valence-electron chi connectivity index (χ3n) is 2.69. The summed E-state index contributed by atoms with van der Waals surface area (Å²) in [6.45, 7) is 6.92. The molecule has 0 unspecified atom stereocenters. The van der Waals surface area contributed by atoms with Gasteiger partial charge in [-0.2, -0.15) is 0 Å². The maximum atomic E-state index is 14.0. The van der Waals surface area contributed by atoms with Gasteiger partial charge in [0.05, 0.1) is 6.61 Å². The van der Waals surface area contributed by atoms with Crippen molar-refractivity contribution in [2.75, 3.05) is 6.61 Å². The van der Waals surface area contributed by atoms with Crippen molar-refractivity contribution < 1.29 is 9.50 Å². The lowest BCUT2D eigenvalue weighted by Crippen LogP contribution is -2.27. The van der Waals surface area contributed by atoms with Gasteiger partial charge in [-0.3, -0.25) is 0 Å². The van der Waals surface area contributed by atoms with Crippen LogP contribution in [0.4, 0.5) is 4.39 Å². The molecule has 0 aliphatic rings. The number of benzene rings is 1. The molecular formula is C13H19FO. The fourth-order valence-electron chi connectivity index (χ4n) is 1.68. The Labute approximate surface area is 90.9 Å². The summed E-state index contributed by atoms with van der Waals surface area (Å²) in [5, 5.41) is 9.32. The first-order valence-corrected chi connectivity index (χ1v) is 5.19. The van der Waals surface area contributed by atoms with Crippen LogP contribution in [0.2, 0.25) is 0 Å². The molecule has 15 heavy (non-hydrogen) atoms. The Morgan fingerprint density at radius 1 is 1.07 bits per heavy atom. The smallest absolute Gasteiger partial charge is 0.130 e. The first kappa shape index (κ1) is 12.2. The third kappa shape index (κ3) is 2.57. The van der Waals surface area contributed by atoms with Crippen LogP contribution in [-0.2, 0) is 11.1 Å². The maximum absolute atomic E-state index is 14.0. The van der Waals surface area contributed by atoms with Gasteiger partial charge < -0.3 is 5.11 Å². The number of rotatable bonds is 3. The fourth-order valence-corrected chi connectivity index (χ4v) is 1.68. The minimum Gasteiger partial charge on any atom is -0.395 e. The second-order valence-corrected chi connectivity index (χ2v) is 5.06. The molecule has 1 nitrogen and oxygen atoms in total. The number of halogens is 1. The van der Waals surface area contributed by atoms with E-state index in [0.29, 0.717) is 5.56 Å². The SMILES string of the molecule is CC(C)(F)c1ccccc1C(C)(C)CO. The lowest BCUT2D eigenvalue weighted by molar-refractivity contribution is 0.197. The van der Waals surface area contributed by atoms with Gasteiger partial charge in [0.25, 0.3) is 0 Å². The van der Waals surface area contributed by atoms with Crippen molar-refractivity contribution in [1.29, 1.82) is 0 Å². The molecular weight excluding hydrogens is 191 g/mol. The summed E-state index contributed by atoms with van der Waals surface area (Å²) in [5.41, 5.74) is -0.243. The first-order chi connectivity index (χ1) is 6.79. The molecule has 0 bridgehead atoms. The van der Waals surface area contributed by atoms with Crippen LogP contribution in [0.3, 0.4) is 0 Å². The summed E-state index contributed by atoms with van der Waals surface area (Å²) in [6, 6.07) is 7.37. The van der Waals surface area contributed by atoms with Crippen molar-refractivity contribution >= 4 is 0 Å². The molecule has 0 radical (unpaired) electrons. The van der Waals surface area contributed by atoms with Crippen LogP contribution in [0.25, 0.3) is 0 Å². The highest BCUT2D eigenvalue weighted by Crippen LogP contribution is 2.34. The highest BCUT2D eigenvalue weighted by atomic mass is 19.1. The van der Waals surface area contributed by atoms with Crippen molar-refractivity contribution in [2.45, 2.75) is 38.8 Å². The Bertz CT molecular complexity index is 337. The molecule has 2 heteroatoms. The van der Waals surface area contributed by atoms with Crippen LogP contribution in [-0.4, -0.2) is 11.7 Å². The second kappa shape index (κ2) is 3.93. The Balaban J connectivity index is 3.31. The van der Waals surface area contributed by atoms with E-state index in [1.165, 1.54) is 0 Å². The maximum Gasteiger partial charge on any atom is 0.130 e. The molecule has 0 fully saturated rings. The molecule has 0 saturated heterocycles. The van der Waals surface area contributed by atoms with E-state index in [-0.39, 0.29) is 6.61 Å². The minimum absolute atomic E-state index is 0.0140. The van der Waals surface area contributed by atoms with Gasteiger partial charge in [-0.15, -0.1) is 0 Å². The van der Waals surface area contributed by atoms with Gasteiger partial charge in [-0.1, -0.05) is 38.1 Å². The van der Waals surface area contributed by atoms with E-state index in [0.717, 1.165) is 5.56 Å². The van der Waals surface area contributed by atoms with Crippen molar-refractivity contribution in [3.05, 3.63) is 35.4 Å². The lowest BCUT2D eigenvalue weighted by atomic mass is 9.79. The van der Waals surface area contributed by atoms with Crippen molar-refractivity contribution in [3.63, 3.8) is 0 Å². The topological polar surface area (TPSA) is 20.2 Å². The molecule has 0 spiro atoms. The second-order valence-electron chi connectivity index (χ2n) is 5.06. The van der Waals surface area contributed by atoms with Crippen LogP contribution in [0.5, 0.6) is 0 Å². The van der Waals surface area contributed by atoms with Crippen LogP contribution in [0.15, 0.2) is 24.3 Å². The van der Waals surface area contributed by atoms with Crippen LogP contribution >= 0.6 is 0 Å². The van der Waals surface area contributed by atoms with Gasteiger partial charge in [0.2, 0.25) is 0 Å². The van der Waals surface area contributed by atoms with Gasteiger partial charge in [-0.25, -0.2) is 4.39 Å². The predicted octanol–water partition coefficient (Wildman–Crippen LogP) is 3.16. The van der Waals surface area contributed by atoms with Gasteiger partial charge in [0.1, 0.15) is 5.67 Å². The van der Waals surface area contributed by atoms with Crippen LogP contribution in [0.1, 0.15) is 38.8 Å². The number of hydrogen-bond acceptors (Lipinski definition) is 1. The van der Waals surface area contributed by atoms with E-state index in [4.69, 9.17) is 0 Å². The molecule has 0 amide bonds. The predicted molar refractivity (Wildman–Crippen MR) is 60.7 cm³/mol. The van der Waals surface area contributed by atoms with Gasteiger partial charge in [-0.05, 0) is 25.0 Å². The summed E-state index contributed by atoms with van der Waals surface area (Å²) >= 11 is 0. The zero-order chi connectivity index (χ0) is 11.7. The highest BCUT2D eigenvalue weighted by molar-refractivity contribution is 5.36. The number of alkyl halides is 1. The molecule has 1 N–H and O–H groups in total. The summed E-state index contributed by atoms with van der Waals surface area (Å²) < 4.78 is 14.0. The summed E-state index contributed by atoms with van der Waals surface area (Å²) in [6.07, 6.45) is 0. The molecule has 0 heterocycles. The normalized spacial score (nSPS) is 12.9. The van der Waals surface area contributed by atoms with Crippen molar-refractivity contribution in [3.8, 4) is 0 Å². The van der Waals surface area contributed by atoms with E-state index in [2.05, 4.69) is 0 Å². The largest absolute Gasteiger partial charge is 0.395 e. The summed E-state index contributed by atoms with van der Waals surface area (Å²) in [5.74, 6) is 0. The van der Waals surface area contributed by atoms with Crippen molar-refractivity contribution in [1.82, 2.24) is 0 Å². The lowest BCUT2D eigenvalue weighted by Gasteiger charge is -2.29. The Morgan fingerprint density at radius 3 is 1.93 bits per heavy atom. The third-order valence-corrected chi connectivity index (χ3v) is 2.69. The van der Waals surface area contributed by atoms with Gasteiger partial charge >= 0.3 is 0 Å². The molecule has 1 aromatic carbocycles. The first-order valence-electron chi connectivity index (χ1n) is 5.19. The minimum atomic E-state index is -1.37. The van der Waals surface area contributed by atoms with Crippen molar-refractivity contribution in [2.24, 2.45) is 0 Å². The van der Waals surface area contributed by atoms with E-state index in [1.54, 1.807) is 19.9 Å². The number of aliphatic hydroxyl groups excluding tert-OH is 1.